The first kappa shape index (κ1) is 12.6. The third-order valence-corrected chi connectivity index (χ3v) is 4.66. The molecule has 0 aliphatic heterocycles. The Morgan fingerprint density at radius 1 is 0.857 bits per heavy atom. The summed E-state index contributed by atoms with van der Waals surface area (Å²) in [7, 11) is 0. The molecule has 4 rings (SSSR count). The fourth-order valence-electron chi connectivity index (χ4n) is 3.55. The van der Waals surface area contributed by atoms with Crippen molar-refractivity contribution in [1.29, 1.82) is 0 Å². The van der Waals surface area contributed by atoms with Crippen LogP contribution in [0.5, 0.6) is 0 Å². The average Bonchev–Trinajstić information content (AvgIpc) is 3.09. The number of fused-ring (bicyclic) bond motifs is 1. The maximum atomic E-state index is 4.71. The number of benzene rings is 2. The molecule has 21 heavy (non-hydrogen) atoms. The lowest BCUT2D eigenvalue weighted by molar-refractivity contribution is 0.729. The van der Waals surface area contributed by atoms with E-state index < -0.39 is 0 Å². The minimum atomic E-state index is 0.734. The van der Waals surface area contributed by atoms with Crippen molar-refractivity contribution in [1.82, 2.24) is 4.98 Å². The highest BCUT2D eigenvalue weighted by molar-refractivity contribution is 5.88. The molecule has 1 fully saturated rings. The largest absolute Gasteiger partial charge is 0.256 e. The van der Waals surface area contributed by atoms with Crippen LogP contribution in [0.1, 0.15) is 37.2 Å². The van der Waals surface area contributed by atoms with Gasteiger partial charge in [0.25, 0.3) is 0 Å². The Bertz CT molecular complexity index is 755. The van der Waals surface area contributed by atoms with E-state index >= 15 is 0 Å². The maximum absolute atomic E-state index is 4.71. The van der Waals surface area contributed by atoms with Crippen LogP contribution < -0.4 is 0 Å². The molecule has 0 saturated heterocycles. The van der Waals surface area contributed by atoms with Gasteiger partial charge in [-0.05, 0) is 35.8 Å². The molecule has 0 radical (unpaired) electrons. The van der Waals surface area contributed by atoms with Crippen LogP contribution >= 0.6 is 0 Å². The molecule has 104 valence electrons. The standard InChI is InChI=1S/C20H19N/c1-2-9-16(10-3-1)20-13-17-11-6-12-18(19(17)14-21-20)15-7-4-5-8-15/h1-3,6,9-15H,4-5,7-8H2. The predicted molar refractivity (Wildman–Crippen MR) is 88.4 cm³/mol. The van der Waals surface area contributed by atoms with E-state index in [1.165, 1.54) is 47.6 Å². The molecular weight excluding hydrogens is 254 g/mol. The van der Waals surface area contributed by atoms with Crippen LogP contribution in [-0.2, 0) is 0 Å². The third kappa shape index (κ3) is 2.33. The molecule has 1 aliphatic rings. The summed E-state index contributed by atoms with van der Waals surface area (Å²) >= 11 is 0. The van der Waals surface area contributed by atoms with E-state index in [2.05, 4.69) is 54.7 Å². The Morgan fingerprint density at radius 2 is 1.67 bits per heavy atom. The van der Waals surface area contributed by atoms with E-state index in [4.69, 9.17) is 4.98 Å². The van der Waals surface area contributed by atoms with Crippen molar-refractivity contribution in [2.24, 2.45) is 0 Å². The van der Waals surface area contributed by atoms with E-state index in [0.29, 0.717) is 0 Å². The SMILES string of the molecule is c1ccc(-c2cc3cccc(C4CCCC4)c3cn2)cc1. The minimum Gasteiger partial charge on any atom is -0.256 e. The van der Waals surface area contributed by atoms with E-state index in [-0.39, 0.29) is 0 Å². The van der Waals surface area contributed by atoms with Gasteiger partial charge < -0.3 is 0 Å². The van der Waals surface area contributed by atoms with Gasteiger partial charge in [-0.3, -0.25) is 4.98 Å². The molecule has 0 bridgehead atoms. The molecule has 0 unspecified atom stereocenters. The van der Waals surface area contributed by atoms with Gasteiger partial charge in [0, 0.05) is 17.1 Å². The Morgan fingerprint density at radius 3 is 2.48 bits per heavy atom. The highest BCUT2D eigenvalue weighted by atomic mass is 14.7. The van der Waals surface area contributed by atoms with Crippen LogP contribution in [0.3, 0.4) is 0 Å². The van der Waals surface area contributed by atoms with E-state index in [9.17, 15) is 0 Å². The molecule has 1 heteroatoms. The van der Waals surface area contributed by atoms with E-state index in [0.717, 1.165) is 11.6 Å². The Labute approximate surface area is 125 Å². The van der Waals surface area contributed by atoms with Crippen molar-refractivity contribution < 1.29 is 0 Å². The van der Waals surface area contributed by atoms with Crippen LogP contribution in [0.2, 0.25) is 0 Å². The summed E-state index contributed by atoms with van der Waals surface area (Å²) in [6, 6.07) is 19.3. The molecule has 3 aromatic rings. The van der Waals surface area contributed by atoms with Gasteiger partial charge in [-0.15, -0.1) is 0 Å². The molecule has 1 aliphatic carbocycles. The second-order valence-corrected chi connectivity index (χ2v) is 5.99. The van der Waals surface area contributed by atoms with E-state index in [1.807, 2.05) is 6.07 Å². The zero-order valence-corrected chi connectivity index (χ0v) is 12.1. The summed E-state index contributed by atoms with van der Waals surface area (Å²) in [4.78, 5) is 4.71. The lowest BCUT2D eigenvalue weighted by Gasteiger charge is -2.13. The van der Waals surface area contributed by atoms with Crippen molar-refractivity contribution in [2.75, 3.05) is 0 Å². The molecule has 2 aromatic carbocycles. The van der Waals surface area contributed by atoms with Crippen LogP contribution in [-0.4, -0.2) is 4.98 Å². The van der Waals surface area contributed by atoms with Crippen LogP contribution in [0.4, 0.5) is 0 Å². The van der Waals surface area contributed by atoms with Gasteiger partial charge in [-0.25, -0.2) is 0 Å². The number of nitrogens with zero attached hydrogens (tertiary/aromatic N) is 1. The number of hydrogen-bond acceptors (Lipinski definition) is 1. The molecule has 0 atom stereocenters. The fourth-order valence-corrected chi connectivity index (χ4v) is 3.55. The Hall–Kier alpha value is -2.15. The van der Waals surface area contributed by atoms with Crippen molar-refractivity contribution >= 4 is 10.8 Å². The molecule has 1 heterocycles. The van der Waals surface area contributed by atoms with Gasteiger partial charge in [0.1, 0.15) is 0 Å². The van der Waals surface area contributed by atoms with Crippen LogP contribution in [0, 0.1) is 0 Å². The first-order valence-electron chi connectivity index (χ1n) is 7.86. The first-order chi connectivity index (χ1) is 10.4. The topological polar surface area (TPSA) is 12.9 Å². The normalized spacial score (nSPS) is 15.6. The zero-order valence-electron chi connectivity index (χ0n) is 12.1. The van der Waals surface area contributed by atoms with E-state index in [1.54, 1.807) is 0 Å². The first-order valence-corrected chi connectivity index (χ1v) is 7.86. The summed E-state index contributed by atoms with van der Waals surface area (Å²) in [6.07, 6.45) is 7.48. The van der Waals surface area contributed by atoms with Crippen LogP contribution in [0.15, 0.2) is 60.8 Å². The number of pyridine rings is 1. The van der Waals surface area contributed by atoms with Crippen molar-refractivity contribution in [3.63, 3.8) is 0 Å². The summed E-state index contributed by atoms with van der Waals surface area (Å²) in [5.74, 6) is 0.734. The van der Waals surface area contributed by atoms with Crippen molar-refractivity contribution in [3.8, 4) is 11.3 Å². The molecule has 0 spiro atoms. The smallest absolute Gasteiger partial charge is 0.0708 e. The highest BCUT2D eigenvalue weighted by Crippen LogP contribution is 2.37. The number of rotatable bonds is 2. The van der Waals surface area contributed by atoms with Gasteiger partial charge in [-0.2, -0.15) is 0 Å². The third-order valence-electron chi connectivity index (χ3n) is 4.66. The van der Waals surface area contributed by atoms with Gasteiger partial charge in [-0.1, -0.05) is 61.4 Å². The minimum absolute atomic E-state index is 0.734. The molecule has 1 nitrogen and oxygen atoms in total. The molecule has 0 N–H and O–H groups in total. The molecule has 0 amide bonds. The van der Waals surface area contributed by atoms with Gasteiger partial charge in [0.05, 0.1) is 5.69 Å². The lowest BCUT2D eigenvalue weighted by atomic mass is 9.93. The summed E-state index contributed by atoms with van der Waals surface area (Å²) in [5.41, 5.74) is 3.74. The predicted octanol–water partition coefficient (Wildman–Crippen LogP) is 5.56. The zero-order chi connectivity index (χ0) is 14.1. The highest BCUT2D eigenvalue weighted by Gasteiger charge is 2.19. The van der Waals surface area contributed by atoms with Crippen LogP contribution in [0.25, 0.3) is 22.0 Å². The molecular formula is C20H19N. The summed E-state index contributed by atoms with van der Waals surface area (Å²) < 4.78 is 0. The lowest BCUT2D eigenvalue weighted by Crippen LogP contribution is -1.94. The Balaban J connectivity index is 1.82. The summed E-state index contributed by atoms with van der Waals surface area (Å²) in [5, 5.41) is 2.65. The second kappa shape index (κ2) is 5.33. The quantitative estimate of drug-likeness (QED) is 0.595. The van der Waals surface area contributed by atoms with Gasteiger partial charge in [0.2, 0.25) is 0 Å². The monoisotopic (exact) mass is 273 g/mol. The van der Waals surface area contributed by atoms with Gasteiger partial charge >= 0.3 is 0 Å². The summed E-state index contributed by atoms with van der Waals surface area (Å²) in [6.45, 7) is 0. The maximum Gasteiger partial charge on any atom is 0.0708 e. The fraction of sp³-hybridized carbons (Fsp3) is 0.250. The second-order valence-electron chi connectivity index (χ2n) is 5.99. The number of hydrogen-bond donors (Lipinski definition) is 0. The molecule has 1 saturated carbocycles. The Kier molecular flexibility index (Phi) is 3.19. The average molecular weight is 273 g/mol. The van der Waals surface area contributed by atoms with Crippen molar-refractivity contribution in [3.05, 3.63) is 66.4 Å². The molecule has 1 aromatic heterocycles. The van der Waals surface area contributed by atoms with Gasteiger partial charge in [0.15, 0.2) is 0 Å². The number of aromatic nitrogens is 1. The van der Waals surface area contributed by atoms with Crippen molar-refractivity contribution in [2.45, 2.75) is 31.6 Å².